The van der Waals surface area contributed by atoms with Crippen LogP contribution in [-0.4, -0.2) is 0 Å². The van der Waals surface area contributed by atoms with Crippen molar-refractivity contribution in [1.29, 1.82) is 10.5 Å². The normalized spacial score (nSPS) is 11.9. The third-order valence-corrected chi connectivity index (χ3v) is 3.48. The van der Waals surface area contributed by atoms with Crippen LogP contribution in [0.4, 0.5) is 0 Å². The van der Waals surface area contributed by atoms with E-state index >= 15 is 0 Å². The second-order valence-electron chi connectivity index (χ2n) is 4.83. The van der Waals surface area contributed by atoms with Crippen molar-refractivity contribution in [3.63, 3.8) is 0 Å². The van der Waals surface area contributed by atoms with E-state index in [1.54, 1.807) is 0 Å². The molecular formula is C19H12N2O. The first-order valence-corrected chi connectivity index (χ1v) is 6.87. The van der Waals surface area contributed by atoms with E-state index in [4.69, 9.17) is 4.74 Å². The summed E-state index contributed by atoms with van der Waals surface area (Å²) >= 11 is 0. The van der Waals surface area contributed by atoms with Gasteiger partial charge in [-0.3, -0.25) is 0 Å². The molecule has 3 nitrogen and oxygen atoms in total. The van der Waals surface area contributed by atoms with Gasteiger partial charge in [0.2, 0.25) is 0 Å². The Morgan fingerprint density at radius 3 is 2.45 bits per heavy atom. The van der Waals surface area contributed by atoms with Crippen molar-refractivity contribution in [1.82, 2.24) is 0 Å². The van der Waals surface area contributed by atoms with Crippen molar-refractivity contribution >= 4 is 11.6 Å². The summed E-state index contributed by atoms with van der Waals surface area (Å²) in [6.45, 7) is 1.95. The molecule has 0 atom stereocenters. The molecule has 2 aromatic carbocycles. The maximum absolute atomic E-state index is 9.29. The Kier molecular flexibility index (Phi) is 3.48. The molecule has 0 aromatic heterocycles. The van der Waals surface area contributed by atoms with Gasteiger partial charge < -0.3 is 4.74 Å². The van der Waals surface area contributed by atoms with E-state index in [1.807, 2.05) is 73.7 Å². The van der Waals surface area contributed by atoms with Gasteiger partial charge in [0.25, 0.3) is 0 Å². The fourth-order valence-corrected chi connectivity index (χ4v) is 2.56. The van der Waals surface area contributed by atoms with Crippen LogP contribution in [0.1, 0.15) is 23.6 Å². The maximum Gasteiger partial charge on any atom is 0.138 e. The Hall–Kier alpha value is -3.30. The van der Waals surface area contributed by atoms with Gasteiger partial charge in [-0.1, -0.05) is 36.4 Å². The van der Waals surface area contributed by atoms with Crippen LogP contribution in [0.5, 0.6) is 11.5 Å². The largest absolute Gasteiger partial charge is 0.456 e. The maximum atomic E-state index is 9.29. The number of hydrogen-bond donors (Lipinski definition) is 0. The lowest BCUT2D eigenvalue weighted by Crippen LogP contribution is -2.04. The molecule has 0 fully saturated rings. The van der Waals surface area contributed by atoms with Crippen LogP contribution in [0.2, 0.25) is 0 Å². The Labute approximate surface area is 129 Å². The number of nitriles is 2. The van der Waals surface area contributed by atoms with Gasteiger partial charge in [0.05, 0.1) is 0 Å². The standard InChI is InChI=1S/C19H12N2O/c1-2-5-13-8-9-16-18(10-13)22-17-7-4-3-6-15(17)19(16)14(11-20)12-21/h2-10H,1H3/b5-2+. The first-order chi connectivity index (χ1) is 10.8. The highest BCUT2D eigenvalue weighted by Crippen LogP contribution is 2.45. The summed E-state index contributed by atoms with van der Waals surface area (Å²) in [7, 11) is 0. The number of ether oxygens (including phenoxy) is 1. The van der Waals surface area contributed by atoms with E-state index in [0.717, 1.165) is 16.7 Å². The zero-order chi connectivity index (χ0) is 15.5. The highest BCUT2D eigenvalue weighted by Gasteiger charge is 2.24. The third-order valence-electron chi connectivity index (χ3n) is 3.48. The molecule has 1 heterocycles. The van der Waals surface area contributed by atoms with Crippen molar-refractivity contribution in [2.75, 3.05) is 0 Å². The molecule has 0 spiro atoms. The first kappa shape index (κ1) is 13.7. The summed E-state index contributed by atoms with van der Waals surface area (Å²) in [4.78, 5) is 0. The molecule has 3 rings (SSSR count). The van der Waals surface area contributed by atoms with Gasteiger partial charge in [-0.05, 0) is 30.7 Å². The Morgan fingerprint density at radius 1 is 1.00 bits per heavy atom. The van der Waals surface area contributed by atoms with E-state index in [1.165, 1.54) is 0 Å². The fourth-order valence-electron chi connectivity index (χ4n) is 2.56. The Balaban J connectivity index is 2.32. The molecule has 22 heavy (non-hydrogen) atoms. The number of fused-ring (bicyclic) bond motifs is 2. The summed E-state index contributed by atoms with van der Waals surface area (Å²) in [6.07, 6.45) is 3.92. The van der Waals surface area contributed by atoms with E-state index in [0.29, 0.717) is 17.1 Å². The van der Waals surface area contributed by atoms with Crippen LogP contribution in [0.25, 0.3) is 11.6 Å². The molecule has 2 aromatic rings. The minimum Gasteiger partial charge on any atom is -0.456 e. The molecule has 3 heteroatoms. The summed E-state index contributed by atoms with van der Waals surface area (Å²) in [5, 5.41) is 18.6. The lowest BCUT2D eigenvalue weighted by Gasteiger charge is -2.23. The van der Waals surface area contributed by atoms with Gasteiger partial charge in [0.15, 0.2) is 0 Å². The molecule has 0 amide bonds. The van der Waals surface area contributed by atoms with E-state index in [-0.39, 0.29) is 5.57 Å². The predicted octanol–water partition coefficient (Wildman–Crippen LogP) is 4.67. The SMILES string of the molecule is C/C=C/c1ccc2c(c1)Oc1ccccc1C2=C(C#N)C#N. The molecule has 0 radical (unpaired) electrons. The van der Waals surface area contributed by atoms with Crippen molar-refractivity contribution in [2.24, 2.45) is 0 Å². The number of hydrogen-bond acceptors (Lipinski definition) is 3. The van der Waals surface area contributed by atoms with Gasteiger partial charge in [0, 0.05) is 16.7 Å². The topological polar surface area (TPSA) is 56.8 Å². The third kappa shape index (κ3) is 2.16. The van der Waals surface area contributed by atoms with E-state index in [9.17, 15) is 10.5 Å². The van der Waals surface area contributed by atoms with Crippen LogP contribution in [0, 0.1) is 22.7 Å². The van der Waals surface area contributed by atoms with E-state index in [2.05, 4.69) is 0 Å². The number of allylic oxidation sites excluding steroid dienone is 2. The van der Waals surface area contributed by atoms with Gasteiger partial charge >= 0.3 is 0 Å². The minimum atomic E-state index is 0.0933. The highest BCUT2D eigenvalue weighted by molar-refractivity contribution is 5.93. The highest BCUT2D eigenvalue weighted by atomic mass is 16.5. The van der Waals surface area contributed by atoms with Crippen LogP contribution in [0.15, 0.2) is 54.1 Å². The summed E-state index contributed by atoms with van der Waals surface area (Å²) in [6, 6.07) is 17.2. The number of nitrogens with zero attached hydrogens (tertiary/aromatic N) is 2. The molecular weight excluding hydrogens is 272 g/mol. The van der Waals surface area contributed by atoms with Crippen molar-refractivity contribution in [3.05, 3.63) is 70.8 Å². The molecule has 0 aliphatic carbocycles. The zero-order valence-electron chi connectivity index (χ0n) is 12.0. The summed E-state index contributed by atoms with van der Waals surface area (Å²) in [5.41, 5.74) is 3.28. The van der Waals surface area contributed by atoms with Crippen molar-refractivity contribution < 1.29 is 4.74 Å². The number of rotatable bonds is 1. The minimum absolute atomic E-state index is 0.0933. The van der Waals surface area contributed by atoms with Crippen LogP contribution >= 0.6 is 0 Å². The molecule has 0 unspecified atom stereocenters. The quantitative estimate of drug-likeness (QED) is 0.610. The van der Waals surface area contributed by atoms with Crippen LogP contribution in [0.3, 0.4) is 0 Å². The summed E-state index contributed by atoms with van der Waals surface area (Å²) < 4.78 is 5.95. The molecule has 1 aliphatic rings. The van der Waals surface area contributed by atoms with Gasteiger partial charge in [0.1, 0.15) is 29.2 Å². The number of benzene rings is 2. The van der Waals surface area contributed by atoms with Gasteiger partial charge in [-0.15, -0.1) is 0 Å². The smallest absolute Gasteiger partial charge is 0.138 e. The second-order valence-corrected chi connectivity index (χ2v) is 4.83. The second kappa shape index (κ2) is 5.60. The number of para-hydroxylation sites is 1. The predicted molar refractivity (Wildman–Crippen MR) is 84.9 cm³/mol. The molecule has 1 aliphatic heterocycles. The average Bonchev–Trinajstić information content (AvgIpc) is 2.55. The summed E-state index contributed by atoms with van der Waals surface area (Å²) in [5.74, 6) is 1.32. The van der Waals surface area contributed by atoms with E-state index < -0.39 is 0 Å². The first-order valence-electron chi connectivity index (χ1n) is 6.87. The molecule has 0 bridgehead atoms. The fraction of sp³-hybridized carbons (Fsp3) is 0.0526. The molecule has 0 saturated heterocycles. The van der Waals surface area contributed by atoms with Gasteiger partial charge in [-0.2, -0.15) is 10.5 Å². The zero-order valence-corrected chi connectivity index (χ0v) is 12.0. The van der Waals surface area contributed by atoms with Gasteiger partial charge in [-0.25, -0.2) is 0 Å². The lowest BCUT2D eigenvalue weighted by atomic mass is 9.90. The lowest BCUT2D eigenvalue weighted by molar-refractivity contribution is 0.474. The molecule has 0 N–H and O–H groups in total. The molecule has 0 saturated carbocycles. The monoisotopic (exact) mass is 284 g/mol. The van der Waals surface area contributed by atoms with Crippen LogP contribution in [-0.2, 0) is 0 Å². The Bertz CT molecular complexity index is 876. The van der Waals surface area contributed by atoms with Crippen LogP contribution < -0.4 is 4.74 Å². The van der Waals surface area contributed by atoms with Crippen molar-refractivity contribution in [2.45, 2.75) is 6.92 Å². The average molecular weight is 284 g/mol. The molecule has 104 valence electrons. The Morgan fingerprint density at radius 2 is 1.73 bits per heavy atom. The van der Waals surface area contributed by atoms with Crippen molar-refractivity contribution in [3.8, 4) is 23.6 Å².